The number of ketones is 2. The van der Waals surface area contributed by atoms with Crippen LogP contribution in [0.15, 0.2) is 48.5 Å². The number of carbonyl (C=O) groups excluding carboxylic acids is 2. The molecule has 0 unspecified atom stereocenters. The van der Waals surface area contributed by atoms with Crippen molar-refractivity contribution in [1.82, 2.24) is 0 Å². The van der Waals surface area contributed by atoms with E-state index in [1.807, 2.05) is 24.3 Å². The monoisotopic (exact) mass is 306 g/mol. The quantitative estimate of drug-likeness (QED) is 0.733. The van der Waals surface area contributed by atoms with Gasteiger partial charge in [0.1, 0.15) is 0 Å². The molecule has 2 atom stereocenters. The van der Waals surface area contributed by atoms with E-state index in [1.165, 1.54) is 30.4 Å². The number of carbonyl (C=O) groups is 2. The van der Waals surface area contributed by atoms with Gasteiger partial charge in [-0.05, 0) is 49.7 Å². The molecule has 23 heavy (non-hydrogen) atoms. The molecule has 0 radical (unpaired) electrons. The molecule has 1 saturated carbocycles. The van der Waals surface area contributed by atoms with E-state index in [-0.39, 0.29) is 11.6 Å². The van der Waals surface area contributed by atoms with Gasteiger partial charge >= 0.3 is 0 Å². The van der Waals surface area contributed by atoms with Crippen LogP contribution in [-0.4, -0.2) is 11.6 Å². The van der Waals surface area contributed by atoms with Crippen LogP contribution in [-0.2, 0) is 0 Å². The molecule has 2 nitrogen and oxygen atoms in total. The van der Waals surface area contributed by atoms with E-state index >= 15 is 0 Å². The van der Waals surface area contributed by atoms with Crippen molar-refractivity contribution in [2.24, 2.45) is 0 Å². The Hall–Kier alpha value is -2.22. The summed E-state index contributed by atoms with van der Waals surface area (Å²) < 4.78 is 0. The van der Waals surface area contributed by atoms with Crippen molar-refractivity contribution in [3.05, 3.63) is 70.8 Å². The van der Waals surface area contributed by atoms with Crippen molar-refractivity contribution in [1.29, 1.82) is 0 Å². The number of rotatable bonds is 4. The minimum atomic E-state index is 0.111. The van der Waals surface area contributed by atoms with Crippen molar-refractivity contribution in [2.75, 3.05) is 0 Å². The maximum Gasteiger partial charge on any atom is 0.159 e. The Morgan fingerprint density at radius 3 is 1.35 bits per heavy atom. The fraction of sp³-hybridized carbons (Fsp3) is 0.333. The summed E-state index contributed by atoms with van der Waals surface area (Å²) in [7, 11) is 0. The standard InChI is InChI=1S/C21H22O2/c1-14(22)16-6-10-18(11-7-16)20-4-3-5-21(20)19-12-8-17(9-13-19)15(2)23/h6-13,20-21H,3-5H2,1-2H3/t20-,21-/m1/s1. The van der Waals surface area contributed by atoms with Gasteiger partial charge in [-0.25, -0.2) is 0 Å². The van der Waals surface area contributed by atoms with Gasteiger partial charge in [-0.3, -0.25) is 9.59 Å². The minimum Gasteiger partial charge on any atom is -0.295 e. The number of benzene rings is 2. The topological polar surface area (TPSA) is 34.1 Å². The second-order valence-electron chi connectivity index (χ2n) is 6.50. The first-order valence-corrected chi connectivity index (χ1v) is 8.28. The lowest BCUT2D eigenvalue weighted by atomic mass is 9.83. The van der Waals surface area contributed by atoms with Crippen LogP contribution in [0.1, 0.15) is 76.8 Å². The van der Waals surface area contributed by atoms with E-state index in [2.05, 4.69) is 24.3 Å². The van der Waals surface area contributed by atoms with Crippen molar-refractivity contribution < 1.29 is 9.59 Å². The molecule has 0 saturated heterocycles. The van der Waals surface area contributed by atoms with Crippen LogP contribution in [0.5, 0.6) is 0 Å². The third-order valence-electron chi connectivity index (χ3n) is 5.01. The summed E-state index contributed by atoms with van der Waals surface area (Å²) in [6.45, 7) is 3.20. The van der Waals surface area contributed by atoms with E-state index in [0.29, 0.717) is 11.8 Å². The SMILES string of the molecule is CC(=O)c1ccc([C@H]2CCC[C@@H]2c2ccc(C(C)=O)cc2)cc1. The third-order valence-corrected chi connectivity index (χ3v) is 5.01. The molecule has 1 aliphatic carbocycles. The van der Waals surface area contributed by atoms with Crippen molar-refractivity contribution in [3.63, 3.8) is 0 Å². The highest BCUT2D eigenvalue weighted by molar-refractivity contribution is 5.94. The molecule has 0 aromatic heterocycles. The van der Waals surface area contributed by atoms with Gasteiger partial charge in [0.05, 0.1) is 0 Å². The van der Waals surface area contributed by atoms with Gasteiger partial charge in [0.15, 0.2) is 11.6 Å². The van der Waals surface area contributed by atoms with Gasteiger partial charge < -0.3 is 0 Å². The molecular weight excluding hydrogens is 284 g/mol. The minimum absolute atomic E-state index is 0.111. The lowest BCUT2D eigenvalue weighted by Gasteiger charge is -2.21. The summed E-state index contributed by atoms with van der Waals surface area (Å²) >= 11 is 0. The summed E-state index contributed by atoms with van der Waals surface area (Å²) in [6.07, 6.45) is 3.58. The molecule has 0 bridgehead atoms. The molecule has 2 heteroatoms. The van der Waals surface area contributed by atoms with Gasteiger partial charge in [-0.2, -0.15) is 0 Å². The van der Waals surface area contributed by atoms with E-state index in [9.17, 15) is 9.59 Å². The lowest BCUT2D eigenvalue weighted by Crippen LogP contribution is -2.06. The van der Waals surface area contributed by atoms with Gasteiger partial charge in [0, 0.05) is 11.1 Å². The predicted octanol–water partition coefficient (Wildman–Crippen LogP) is 5.14. The Morgan fingerprint density at radius 2 is 1.04 bits per heavy atom. The molecule has 0 heterocycles. The van der Waals surface area contributed by atoms with Crippen molar-refractivity contribution >= 4 is 11.6 Å². The molecule has 0 amide bonds. The summed E-state index contributed by atoms with van der Waals surface area (Å²) in [5.74, 6) is 1.22. The summed E-state index contributed by atoms with van der Waals surface area (Å²) in [4.78, 5) is 22.8. The van der Waals surface area contributed by atoms with Crippen LogP contribution >= 0.6 is 0 Å². The largest absolute Gasteiger partial charge is 0.295 e. The van der Waals surface area contributed by atoms with Crippen molar-refractivity contribution in [3.8, 4) is 0 Å². The Kier molecular flexibility index (Phi) is 4.42. The average molecular weight is 306 g/mol. The fourth-order valence-corrected chi connectivity index (χ4v) is 3.69. The van der Waals surface area contributed by atoms with Crippen LogP contribution < -0.4 is 0 Å². The smallest absolute Gasteiger partial charge is 0.159 e. The molecule has 1 fully saturated rings. The average Bonchev–Trinajstić information content (AvgIpc) is 3.04. The Labute approximate surface area is 137 Å². The normalized spacial score (nSPS) is 20.4. The zero-order valence-corrected chi connectivity index (χ0v) is 13.7. The Balaban J connectivity index is 1.84. The summed E-state index contributed by atoms with van der Waals surface area (Å²) in [6, 6.07) is 16.1. The van der Waals surface area contributed by atoms with E-state index in [1.54, 1.807) is 13.8 Å². The fourth-order valence-electron chi connectivity index (χ4n) is 3.69. The van der Waals surface area contributed by atoms with Crippen LogP contribution in [0.4, 0.5) is 0 Å². The maximum absolute atomic E-state index is 11.4. The number of Topliss-reactive ketones (excluding diaryl/α,β-unsaturated/α-hetero) is 2. The van der Waals surface area contributed by atoms with Crippen LogP contribution in [0.3, 0.4) is 0 Å². The molecule has 0 aliphatic heterocycles. The molecule has 3 rings (SSSR count). The summed E-state index contributed by atoms with van der Waals surface area (Å²) in [5.41, 5.74) is 4.17. The predicted molar refractivity (Wildman–Crippen MR) is 92.2 cm³/mol. The number of hydrogen-bond acceptors (Lipinski definition) is 2. The third kappa shape index (κ3) is 3.26. The molecule has 1 aliphatic rings. The highest BCUT2D eigenvalue weighted by atomic mass is 16.1. The van der Waals surface area contributed by atoms with E-state index in [4.69, 9.17) is 0 Å². The van der Waals surface area contributed by atoms with Gasteiger partial charge in [0.25, 0.3) is 0 Å². The molecular formula is C21H22O2. The van der Waals surface area contributed by atoms with Crippen LogP contribution in [0.2, 0.25) is 0 Å². The molecule has 0 spiro atoms. The first kappa shape index (κ1) is 15.7. The molecule has 2 aromatic rings. The summed E-state index contributed by atoms with van der Waals surface area (Å²) in [5, 5.41) is 0. The van der Waals surface area contributed by atoms with Gasteiger partial charge in [-0.15, -0.1) is 0 Å². The molecule has 0 N–H and O–H groups in total. The highest BCUT2D eigenvalue weighted by Crippen LogP contribution is 2.45. The van der Waals surface area contributed by atoms with Crippen LogP contribution in [0, 0.1) is 0 Å². The van der Waals surface area contributed by atoms with Gasteiger partial charge in [0.2, 0.25) is 0 Å². The second kappa shape index (κ2) is 6.49. The van der Waals surface area contributed by atoms with Crippen molar-refractivity contribution in [2.45, 2.75) is 44.9 Å². The zero-order chi connectivity index (χ0) is 16.4. The number of hydrogen-bond donors (Lipinski definition) is 0. The Bertz CT molecular complexity index is 647. The molecule has 118 valence electrons. The highest BCUT2D eigenvalue weighted by Gasteiger charge is 2.29. The van der Waals surface area contributed by atoms with Crippen LogP contribution in [0.25, 0.3) is 0 Å². The van der Waals surface area contributed by atoms with E-state index in [0.717, 1.165) is 11.1 Å². The lowest BCUT2D eigenvalue weighted by molar-refractivity contribution is 0.100. The van der Waals surface area contributed by atoms with Gasteiger partial charge in [-0.1, -0.05) is 55.0 Å². The maximum atomic E-state index is 11.4. The first-order chi connectivity index (χ1) is 11.1. The Morgan fingerprint density at radius 1 is 0.696 bits per heavy atom. The first-order valence-electron chi connectivity index (χ1n) is 8.28. The van der Waals surface area contributed by atoms with E-state index < -0.39 is 0 Å². The second-order valence-corrected chi connectivity index (χ2v) is 6.50. The zero-order valence-electron chi connectivity index (χ0n) is 13.7. The molecule has 2 aromatic carbocycles.